The molecule has 1 aliphatic rings. The number of rotatable bonds is 4. The molecule has 5 heteroatoms. The lowest BCUT2D eigenvalue weighted by atomic mass is 9.97. The van der Waals surface area contributed by atoms with Crippen molar-refractivity contribution in [3.63, 3.8) is 0 Å². The first-order valence-corrected chi connectivity index (χ1v) is 7.21. The van der Waals surface area contributed by atoms with Crippen LogP contribution in [0.5, 0.6) is 0 Å². The van der Waals surface area contributed by atoms with Gasteiger partial charge in [0.1, 0.15) is 5.82 Å². The Hall–Kier alpha value is -1.98. The molecule has 2 atom stereocenters. The second-order valence-electron chi connectivity index (χ2n) is 5.63. The topological polar surface area (TPSA) is 75.3 Å². The molecule has 0 aromatic carbocycles. The van der Waals surface area contributed by atoms with Gasteiger partial charge in [0.15, 0.2) is 0 Å². The fourth-order valence-corrected chi connectivity index (χ4v) is 2.92. The Morgan fingerprint density at radius 1 is 1.19 bits per heavy atom. The first-order valence-electron chi connectivity index (χ1n) is 7.21. The molecule has 2 aromatic rings. The molecule has 1 fully saturated rings. The van der Waals surface area contributed by atoms with Gasteiger partial charge in [0, 0.05) is 49.7 Å². The molecule has 0 radical (unpaired) electrons. The SMILES string of the molecule is Nc1ncccc1CN1C[C@@H](Cc2ccncc2)[C@H](O)C1. The van der Waals surface area contributed by atoms with Crippen molar-refractivity contribution in [2.75, 3.05) is 18.8 Å². The quantitative estimate of drug-likeness (QED) is 0.879. The third kappa shape index (κ3) is 3.37. The van der Waals surface area contributed by atoms with E-state index in [0.29, 0.717) is 12.4 Å². The molecule has 2 aromatic heterocycles. The average molecular weight is 284 g/mol. The minimum atomic E-state index is -0.295. The van der Waals surface area contributed by atoms with Crippen LogP contribution in [-0.2, 0) is 13.0 Å². The number of likely N-dealkylation sites (tertiary alicyclic amines) is 1. The molecule has 0 aliphatic carbocycles. The van der Waals surface area contributed by atoms with Gasteiger partial charge in [-0.1, -0.05) is 6.07 Å². The average Bonchev–Trinajstić information content (AvgIpc) is 2.82. The number of β-amino-alcohol motifs (C(OH)–C–C–N with tert-alkyl or cyclic N) is 1. The van der Waals surface area contributed by atoms with Crippen LogP contribution in [0.2, 0.25) is 0 Å². The van der Waals surface area contributed by atoms with Gasteiger partial charge in [-0.25, -0.2) is 4.98 Å². The number of hydrogen-bond acceptors (Lipinski definition) is 5. The highest BCUT2D eigenvalue weighted by molar-refractivity contribution is 5.38. The molecule has 0 spiro atoms. The van der Waals surface area contributed by atoms with Gasteiger partial charge in [-0.15, -0.1) is 0 Å². The van der Waals surface area contributed by atoms with Gasteiger partial charge in [0.2, 0.25) is 0 Å². The zero-order valence-electron chi connectivity index (χ0n) is 11.9. The summed E-state index contributed by atoms with van der Waals surface area (Å²) in [7, 11) is 0. The van der Waals surface area contributed by atoms with Crippen LogP contribution in [0.15, 0.2) is 42.9 Å². The Kier molecular flexibility index (Phi) is 4.13. The number of aliphatic hydroxyl groups is 1. The monoisotopic (exact) mass is 284 g/mol. The van der Waals surface area contributed by atoms with Crippen LogP contribution < -0.4 is 5.73 Å². The maximum Gasteiger partial charge on any atom is 0.127 e. The predicted molar refractivity (Wildman–Crippen MR) is 81.4 cm³/mol. The third-order valence-corrected chi connectivity index (χ3v) is 4.05. The van der Waals surface area contributed by atoms with E-state index in [-0.39, 0.29) is 12.0 Å². The van der Waals surface area contributed by atoms with E-state index < -0.39 is 0 Å². The van der Waals surface area contributed by atoms with Gasteiger partial charge in [0.25, 0.3) is 0 Å². The van der Waals surface area contributed by atoms with Crippen LogP contribution in [-0.4, -0.2) is 39.2 Å². The molecule has 0 saturated carbocycles. The summed E-state index contributed by atoms with van der Waals surface area (Å²) >= 11 is 0. The van der Waals surface area contributed by atoms with Gasteiger partial charge in [0.05, 0.1) is 6.10 Å². The number of nitrogen functional groups attached to an aromatic ring is 1. The summed E-state index contributed by atoms with van der Waals surface area (Å²) in [6.07, 6.45) is 5.87. The van der Waals surface area contributed by atoms with Gasteiger partial charge in [-0.3, -0.25) is 9.88 Å². The number of pyridine rings is 2. The second kappa shape index (κ2) is 6.20. The third-order valence-electron chi connectivity index (χ3n) is 4.05. The summed E-state index contributed by atoms with van der Waals surface area (Å²) in [4.78, 5) is 10.4. The number of nitrogens with two attached hydrogens (primary N) is 1. The van der Waals surface area contributed by atoms with Crippen LogP contribution in [0.1, 0.15) is 11.1 Å². The van der Waals surface area contributed by atoms with E-state index in [2.05, 4.69) is 14.9 Å². The Morgan fingerprint density at radius 3 is 2.76 bits per heavy atom. The van der Waals surface area contributed by atoms with Gasteiger partial charge >= 0.3 is 0 Å². The zero-order valence-corrected chi connectivity index (χ0v) is 11.9. The number of hydrogen-bond donors (Lipinski definition) is 2. The van der Waals surface area contributed by atoms with Crippen molar-refractivity contribution in [3.8, 4) is 0 Å². The number of aromatic nitrogens is 2. The summed E-state index contributed by atoms with van der Waals surface area (Å²) in [5, 5.41) is 10.3. The number of nitrogens with zero attached hydrogens (tertiary/aromatic N) is 3. The largest absolute Gasteiger partial charge is 0.391 e. The van der Waals surface area contributed by atoms with Crippen LogP contribution in [0.25, 0.3) is 0 Å². The molecule has 0 unspecified atom stereocenters. The Balaban J connectivity index is 1.62. The maximum atomic E-state index is 10.3. The molecular formula is C16H20N4O. The first-order chi connectivity index (χ1) is 10.2. The second-order valence-corrected chi connectivity index (χ2v) is 5.63. The normalized spacial score (nSPS) is 22.5. The number of aliphatic hydroxyl groups excluding tert-OH is 1. The number of anilines is 1. The summed E-state index contributed by atoms with van der Waals surface area (Å²) in [6.45, 7) is 2.30. The van der Waals surface area contributed by atoms with E-state index in [1.807, 2.05) is 24.3 Å². The highest BCUT2D eigenvalue weighted by atomic mass is 16.3. The Bertz CT molecular complexity index is 590. The standard InChI is InChI=1S/C16H20N4O/c17-16-13(2-1-5-19-16)9-20-10-14(15(21)11-20)8-12-3-6-18-7-4-12/h1-7,14-15,21H,8-11H2,(H2,17,19)/t14-,15-/m1/s1. The van der Waals surface area contributed by atoms with Gasteiger partial charge < -0.3 is 10.8 Å². The maximum absolute atomic E-state index is 10.3. The highest BCUT2D eigenvalue weighted by Gasteiger charge is 2.31. The highest BCUT2D eigenvalue weighted by Crippen LogP contribution is 2.23. The minimum absolute atomic E-state index is 0.255. The first kappa shape index (κ1) is 14.0. The predicted octanol–water partition coefficient (Wildman–Crippen LogP) is 1.09. The molecule has 3 rings (SSSR count). The van der Waals surface area contributed by atoms with E-state index in [1.165, 1.54) is 5.56 Å². The molecular weight excluding hydrogens is 264 g/mol. The summed E-state index contributed by atoms with van der Waals surface area (Å²) < 4.78 is 0. The van der Waals surface area contributed by atoms with Crippen LogP contribution in [0.3, 0.4) is 0 Å². The van der Waals surface area contributed by atoms with Gasteiger partial charge in [-0.05, 0) is 30.2 Å². The van der Waals surface area contributed by atoms with Crippen LogP contribution >= 0.6 is 0 Å². The van der Waals surface area contributed by atoms with E-state index >= 15 is 0 Å². The molecule has 110 valence electrons. The van der Waals surface area contributed by atoms with E-state index in [1.54, 1.807) is 18.6 Å². The lowest BCUT2D eigenvalue weighted by Crippen LogP contribution is -2.22. The van der Waals surface area contributed by atoms with Crippen molar-refractivity contribution in [2.24, 2.45) is 5.92 Å². The Morgan fingerprint density at radius 2 is 2.00 bits per heavy atom. The van der Waals surface area contributed by atoms with Crippen molar-refractivity contribution < 1.29 is 5.11 Å². The van der Waals surface area contributed by atoms with Gasteiger partial charge in [-0.2, -0.15) is 0 Å². The lowest BCUT2D eigenvalue weighted by molar-refractivity contribution is 0.141. The molecule has 0 amide bonds. The summed E-state index contributed by atoms with van der Waals surface area (Å²) in [5.41, 5.74) is 8.13. The Labute approximate surface area is 124 Å². The van der Waals surface area contributed by atoms with Crippen molar-refractivity contribution in [3.05, 3.63) is 54.0 Å². The zero-order chi connectivity index (χ0) is 14.7. The molecule has 3 heterocycles. The van der Waals surface area contributed by atoms with Crippen molar-refractivity contribution in [2.45, 2.75) is 19.1 Å². The van der Waals surface area contributed by atoms with Crippen LogP contribution in [0, 0.1) is 5.92 Å². The molecule has 5 nitrogen and oxygen atoms in total. The molecule has 0 bridgehead atoms. The summed E-state index contributed by atoms with van der Waals surface area (Å²) in [5.74, 6) is 0.829. The smallest absolute Gasteiger partial charge is 0.127 e. The fraction of sp³-hybridized carbons (Fsp3) is 0.375. The minimum Gasteiger partial charge on any atom is -0.391 e. The van der Waals surface area contributed by atoms with E-state index in [0.717, 1.165) is 25.1 Å². The van der Waals surface area contributed by atoms with Crippen molar-refractivity contribution in [1.29, 1.82) is 0 Å². The van der Waals surface area contributed by atoms with Crippen molar-refractivity contribution >= 4 is 5.82 Å². The lowest BCUT2D eigenvalue weighted by Gasteiger charge is -2.16. The van der Waals surface area contributed by atoms with E-state index in [4.69, 9.17) is 5.73 Å². The molecule has 3 N–H and O–H groups in total. The van der Waals surface area contributed by atoms with Crippen LogP contribution in [0.4, 0.5) is 5.82 Å². The molecule has 21 heavy (non-hydrogen) atoms. The van der Waals surface area contributed by atoms with Crippen molar-refractivity contribution in [1.82, 2.24) is 14.9 Å². The van der Waals surface area contributed by atoms with E-state index in [9.17, 15) is 5.11 Å². The molecule has 1 aliphatic heterocycles. The fourth-order valence-electron chi connectivity index (χ4n) is 2.92. The molecule has 1 saturated heterocycles. The summed E-state index contributed by atoms with van der Waals surface area (Å²) in [6, 6.07) is 7.90.